The van der Waals surface area contributed by atoms with Crippen molar-refractivity contribution >= 4 is 22.0 Å². The van der Waals surface area contributed by atoms with Gasteiger partial charge in [0.25, 0.3) is 5.95 Å². The van der Waals surface area contributed by atoms with Crippen molar-refractivity contribution in [1.82, 2.24) is 0 Å². The minimum atomic E-state index is 0.143. The molecule has 0 aliphatic carbocycles. The summed E-state index contributed by atoms with van der Waals surface area (Å²) in [5.41, 5.74) is 1.10. The maximum absolute atomic E-state index is 5.51. The third kappa shape index (κ3) is 2.29. The Balaban J connectivity index is 2.06. The summed E-state index contributed by atoms with van der Waals surface area (Å²) in [7, 11) is 0. The lowest BCUT2D eigenvalue weighted by atomic mass is 10.2. The van der Waals surface area contributed by atoms with Crippen molar-refractivity contribution in [3.05, 3.63) is 41.8 Å². The fraction of sp³-hybridized carbons (Fsp3) is 0.273. The average molecular weight is 255 g/mol. The van der Waals surface area contributed by atoms with E-state index in [1.165, 1.54) is 0 Å². The lowest BCUT2D eigenvalue weighted by Crippen LogP contribution is -2.09. The van der Waals surface area contributed by atoms with E-state index >= 15 is 0 Å². The van der Waals surface area contributed by atoms with Crippen LogP contribution in [0.15, 0.2) is 36.3 Å². The molecule has 0 N–H and O–H groups in total. The summed E-state index contributed by atoms with van der Waals surface area (Å²) >= 11 is 3.36. The fourth-order valence-corrected chi connectivity index (χ4v) is 1.56. The molecule has 1 aliphatic heterocycles. The van der Waals surface area contributed by atoms with Crippen LogP contribution < -0.4 is 0 Å². The number of hydrogen-bond acceptors (Lipinski definition) is 2. The van der Waals surface area contributed by atoms with Gasteiger partial charge in [-0.25, -0.2) is 0 Å². The predicted molar refractivity (Wildman–Crippen MR) is 59.0 cm³/mol. The summed E-state index contributed by atoms with van der Waals surface area (Å²) in [6.45, 7) is 0.629. The van der Waals surface area contributed by atoms with Crippen LogP contribution in [0.3, 0.4) is 0 Å². The molecule has 1 aliphatic rings. The van der Waals surface area contributed by atoms with Gasteiger partial charge in [0.1, 0.15) is 12.7 Å². The average Bonchev–Trinajstić information content (AvgIpc) is 2.67. The largest absolute Gasteiger partial charge is 0.461 e. The topological polar surface area (TPSA) is 18.5 Å². The van der Waals surface area contributed by atoms with Gasteiger partial charge in [-0.15, -0.1) is 0 Å². The smallest absolute Gasteiger partial charge is 0.280 e. The van der Waals surface area contributed by atoms with E-state index in [4.69, 9.17) is 9.47 Å². The Bertz CT molecular complexity index is 321. The van der Waals surface area contributed by atoms with Crippen LogP contribution in [0, 0.1) is 0 Å². The van der Waals surface area contributed by atoms with Crippen LogP contribution in [0.5, 0.6) is 0 Å². The third-order valence-electron chi connectivity index (χ3n) is 1.95. The Morgan fingerprint density at radius 2 is 2.14 bits per heavy atom. The van der Waals surface area contributed by atoms with Gasteiger partial charge in [0.05, 0.1) is 0 Å². The second-order valence-corrected chi connectivity index (χ2v) is 3.73. The van der Waals surface area contributed by atoms with Crippen molar-refractivity contribution in [3.63, 3.8) is 0 Å². The second kappa shape index (κ2) is 4.51. The van der Waals surface area contributed by atoms with E-state index < -0.39 is 0 Å². The molecular formula is C11H11BrO2. The summed E-state index contributed by atoms with van der Waals surface area (Å²) < 4.78 is 10.9. The summed E-state index contributed by atoms with van der Waals surface area (Å²) in [5.74, 6) is 0.612. The molecule has 0 radical (unpaired) electrons. The monoisotopic (exact) mass is 254 g/mol. The molecule has 0 saturated carbocycles. The van der Waals surface area contributed by atoms with E-state index in [-0.39, 0.29) is 6.10 Å². The van der Waals surface area contributed by atoms with E-state index in [1.807, 2.05) is 36.4 Å². The number of alkyl halides is 1. The minimum absolute atomic E-state index is 0.143. The molecule has 2 rings (SSSR count). The standard InChI is InChI=1S/C11H11BrO2/c12-7-10-8-13-11(14-10)6-9-4-2-1-3-5-9/h1-6,10H,7-8H2/b11-6+. The van der Waals surface area contributed by atoms with Crippen LogP contribution in [-0.2, 0) is 9.47 Å². The zero-order chi connectivity index (χ0) is 9.80. The highest BCUT2D eigenvalue weighted by Gasteiger charge is 2.20. The minimum Gasteiger partial charge on any atom is -0.461 e. The Morgan fingerprint density at radius 1 is 1.36 bits per heavy atom. The highest BCUT2D eigenvalue weighted by molar-refractivity contribution is 9.09. The van der Waals surface area contributed by atoms with Gasteiger partial charge >= 0.3 is 0 Å². The summed E-state index contributed by atoms with van der Waals surface area (Å²) in [4.78, 5) is 0. The molecule has 3 heteroatoms. The number of benzene rings is 1. The lowest BCUT2D eigenvalue weighted by Gasteiger charge is -2.00. The number of ether oxygens (including phenoxy) is 2. The third-order valence-corrected chi connectivity index (χ3v) is 2.67. The molecule has 0 bridgehead atoms. The van der Waals surface area contributed by atoms with Crippen molar-refractivity contribution in [2.75, 3.05) is 11.9 Å². The van der Waals surface area contributed by atoms with Crippen molar-refractivity contribution in [1.29, 1.82) is 0 Å². The molecule has 1 aromatic carbocycles. The van der Waals surface area contributed by atoms with Crippen LogP contribution in [-0.4, -0.2) is 18.0 Å². The second-order valence-electron chi connectivity index (χ2n) is 3.08. The van der Waals surface area contributed by atoms with Gasteiger partial charge in [-0.05, 0) is 5.56 Å². The van der Waals surface area contributed by atoms with Crippen LogP contribution in [0.1, 0.15) is 5.56 Å². The highest BCUT2D eigenvalue weighted by Crippen LogP contribution is 2.19. The molecular weight excluding hydrogens is 244 g/mol. The van der Waals surface area contributed by atoms with Crippen molar-refractivity contribution in [3.8, 4) is 0 Å². The van der Waals surface area contributed by atoms with Gasteiger partial charge in [0.2, 0.25) is 0 Å². The molecule has 1 fully saturated rings. The van der Waals surface area contributed by atoms with Gasteiger partial charge in [0.15, 0.2) is 0 Å². The summed E-state index contributed by atoms with van der Waals surface area (Å²) in [6.07, 6.45) is 2.05. The molecule has 1 aromatic rings. The molecule has 74 valence electrons. The van der Waals surface area contributed by atoms with Crippen LogP contribution in [0.2, 0.25) is 0 Å². The van der Waals surface area contributed by atoms with Crippen LogP contribution >= 0.6 is 15.9 Å². The molecule has 1 heterocycles. The molecule has 0 amide bonds. The van der Waals surface area contributed by atoms with Gasteiger partial charge in [-0.2, -0.15) is 0 Å². The first-order valence-corrected chi connectivity index (χ1v) is 5.63. The van der Waals surface area contributed by atoms with Crippen molar-refractivity contribution in [2.24, 2.45) is 0 Å². The maximum atomic E-state index is 5.51. The number of halogens is 1. The van der Waals surface area contributed by atoms with E-state index in [1.54, 1.807) is 0 Å². The van der Waals surface area contributed by atoms with E-state index in [2.05, 4.69) is 15.9 Å². The Hall–Kier alpha value is -0.960. The number of rotatable bonds is 2. The van der Waals surface area contributed by atoms with E-state index in [9.17, 15) is 0 Å². The summed E-state index contributed by atoms with van der Waals surface area (Å²) in [6, 6.07) is 9.99. The molecule has 1 saturated heterocycles. The highest BCUT2D eigenvalue weighted by atomic mass is 79.9. The van der Waals surface area contributed by atoms with E-state index in [0.717, 1.165) is 10.9 Å². The first kappa shape index (κ1) is 9.59. The predicted octanol–water partition coefficient (Wildman–Crippen LogP) is 2.80. The molecule has 0 aromatic heterocycles. The fourth-order valence-electron chi connectivity index (χ4n) is 1.24. The SMILES string of the molecule is BrCC1CO/C(=C\c2ccccc2)O1. The quantitative estimate of drug-likeness (QED) is 0.756. The zero-order valence-electron chi connectivity index (χ0n) is 7.65. The van der Waals surface area contributed by atoms with Crippen LogP contribution in [0.4, 0.5) is 0 Å². The van der Waals surface area contributed by atoms with Gasteiger partial charge in [-0.1, -0.05) is 46.3 Å². The molecule has 1 atom stereocenters. The molecule has 14 heavy (non-hydrogen) atoms. The molecule has 0 spiro atoms. The van der Waals surface area contributed by atoms with E-state index in [0.29, 0.717) is 12.6 Å². The normalized spacial score (nSPS) is 23.2. The van der Waals surface area contributed by atoms with Gasteiger partial charge in [-0.3, -0.25) is 0 Å². The maximum Gasteiger partial charge on any atom is 0.280 e. The van der Waals surface area contributed by atoms with Gasteiger partial charge in [0, 0.05) is 11.4 Å². The molecule has 2 nitrogen and oxygen atoms in total. The first-order chi connectivity index (χ1) is 6.88. The van der Waals surface area contributed by atoms with Crippen LogP contribution in [0.25, 0.3) is 6.08 Å². The first-order valence-electron chi connectivity index (χ1n) is 4.50. The van der Waals surface area contributed by atoms with Crippen molar-refractivity contribution in [2.45, 2.75) is 6.10 Å². The zero-order valence-corrected chi connectivity index (χ0v) is 9.24. The van der Waals surface area contributed by atoms with Gasteiger partial charge < -0.3 is 9.47 Å². The Labute approximate surface area is 91.7 Å². The van der Waals surface area contributed by atoms with Crippen molar-refractivity contribution < 1.29 is 9.47 Å². The Morgan fingerprint density at radius 3 is 2.79 bits per heavy atom. The summed E-state index contributed by atoms with van der Waals surface area (Å²) in [5, 5.41) is 0.805. The Kier molecular flexibility index (Phi) is 3.09. The molecule has 1 unspecified atom stereocenters. The number of hydrogen-bond donors (Lipinski definition) is 0. The lowest BCUT2D eigenvalue weighted by molar-refractivity contribution is 0.157.